The van der Waals surface area contributed by atoms with E-state index in [9.17, 15) is 28.1 Å². The Morgan fingerprint density at radius 1 is 1.06 bits per heavy atom. The zero-order chi connectivity index (χ0) is 24.9. The number of nitro groups is 1. The molecule has 0 spiro atoms. The number of rotatable bonds is 7. The summed E-state index contributed by atoms with van der Waals surface area (Å²) in [5.74, 6) is -0.481. The summed E-state index contributed by atoms with van der Waals surface area (Å²) < 4.78 is 32.8. The van der Waals surface area contributed by atoms with E-state index >= 15 is 0 Å². The van der Waals surface area contributed by atoms with Crippen LogP contribution in [0, 0.1) is 17.0 Å². The van der Waals surface area contributed by atoms with Crippen molar-refractivity contribution in [1.29, 1.82) is 0 Å². The number of anilines is 1. The number of sulfonamides is 1. The molecule has 11 nitrogen and oxygen atoms in total. The first-order valence-corrected chi connectivity index (χ1v) is 12.1. The maximum absolute atomic E-state index is 13.5. The maximum atomic E-state index is 13.5. The van der Waals surface area contributed by atoms with Gasteiger partial charge in [0, 0.05) is 38.3 Å². The van der Waals surface area contributed by atoms with Crippen molar-refractivity contribution in [1.82, 2.24) is 9.80 Å². The minimum atomic E-state index is -4.20. The molecule has 0 aliphatic carbocycles. The van der Waals surface area contributed by atoms with Crippen LogP contribution in [0.2, 0.25) is 0 Å². The van der Waals surface area contributed by atoms with Gasteiger partial charge in [-0.1, -0.05) is 23.8 Å². The van der Waals surface area contributed by atoms with Gasteiger partial charge in [-0.3, -0.25) is 19.2 Å². The molecular weight excluding hydrogens is 464 g/mol. The van der Waals surface area contributed by atoms with Gasteiger partial charge in [-0.05, 0) is 32.0 Å². The highest BCUT2D eigenvalue weighted by molar-refractivity contribution is 7.92. The van der Waals surface area contributed by atoms with E-state index < -0.39 is 33.5 Å². The fraction of sp³-hybridized carbons (Fsp3) is 0.364. The lowest BCUT2D eigenvalue weighted by Gasteiger charge is -2.35. The van der Waals surface area contributed by atoms with Crippen molar-refractivity contribution in [2.75, 3.05) is 43.6 Å². The fourth-order valence-electron chi connectivity index (χ4n) is 3.49. The number of amides is 2. The van der Waals surface area contributed by atoms with E-state index in [-0.39, 0.29) is 49.1 Å². The number of piperazine rings is 1. The van der Waals surface area contributed by atoms with Crippen molar-refractivity contribution in [3.05, 3.63) is 64.2 Å². The van der Waals surface area contributed by atoms with Gasteiger partial charge in [-0.25, -0.2) is 13.2 Å². The first-order chi connectivity index (χ1) is 16.1. The molecule has 1 fully saturated rings. The van der Waals surface area contributed by atoms with Gasteiger partial charge in [0.25, 0.3) is 15.7 Å². The molecule has 182 valence electrons. The number of hydrogen-bond donors (Lipinski definition) is 0. The molecule has 12 heteroatoms. The Balaban J connectivity index is 1.87. The lowest BCUT2D eigenvalue weighted by atomic mass is 10.2. The lowest BCUT2D eigenvalue weighted by molar-refractivity contribution is -0.384. The standard InChI is InChI=1S/C22H26N4O7S/c1-3-33-22(28)24-13-11-23(12-14-24)21(27)16-25(18-5-4-6-19(15-18)26(29)30)34(31,32)20-9-7-17(2)8-10-20/h4-10,15H,3,11-14,16H2,1-2H3. The van der Waals surface area contributed by atoms with Crippen LogP contribution in [-0.4, -0.2) is 74.5 Å². The molecule has 0 N–H and O–H groups in total. The third-order valence-corrected chi connectivity index (χ3v) is 7.16. The number of carbonyl (C=O) groups excluding carboxylic acids is 2. The average Bonchev–Trinajstić information content (AvgIpc) is 2.83. The van der Waals surface area contributed by atoms with E-state index in [0.717, 1.165) is 15.9 Å². The van der Waals surface area contributed by atoms with Crippen molar-refractivity contribution in [3.8, 4) is 0 Å². The van der Waals surface area contributed by atoms with Crippen LogP contribution in [0.15, 0.2) is 53.4 Å². The van der Waals surface area contributed by atoms with Crippen molar-refractivity contribution < 1.29 is 27.7 Å². The predicted molar refractivity (Wildman–Crippen MR) is 124 cm³/mol. The first-order valence-electron chi connectivity index (χ1n) is 10.7. The molecule has 1 saturated heterocycles. The van der Waals surface area contributed by atoms with Gasteiger partial charge in [0.1, 0.15) is 6.54 Å². The highest BCUT2D eigenvalue weighted by Gasteiger charge is 2.31. The molecule has 0 saturated carbocycles. The summed E-state index contributed by atoms with van der Waals surface area (Å²) in [7, 11) is -4.20. The third-order valence-electron chi connectivity index (χ3n) is 5.37. The molecule has 34 heavy (non-hydrogen) atoms. The van der Waals surface area contributed by atoms with E-state index in [1.807, 2.05) is 6.92 Å². The normalized spacial score (nSPS) is 13.9. The van der Waals surface area contributed by atoms with Crippen molar-refractivity contribution in [2.45, 2.75) is 18.7 Å². The minimum Gasteiger partial charge on any atom is -0.450 e. The Morgan fingerprint density at radius 2 is 1.68 bits per heavy atom. The van der Waals surface area contributed by atoms with E-state index in [0.29, 0.717) is 0 Å². The molecule has 1 aliphatic heterocycles. The Kier molecular flexibility index (Phi) is 7.72. The summed E-state index contributed by atoms with van der Waals surface area (Å²) in [6, 6.07) is 11.3. The van der Waals surface area contributed by atoms with Crippen LogP contribution in [-0.2, 0) is 19.6 Å². The molecule has 0 atom stereocenters. The summed E-state index contributed by atoms with van der Waals surface area (Å²) in [6.45, 7) is 4.15. The Bertz CT molecular complexity index is 1160. The molecule has 1 heterocycles. The highest BCUT2D eigenvalue weighted by atomic mass is 32.2. The molecule has 0 unspecified atom stereocenters. The molecule has 0 aromatic heterocycles. The van der Waals surface area contributed by atoms with Crippen LogP contribution in [0.1, 0.15) is 12.5 Å². The number of aryl methyl sites for hydroxylation is 1. The van der Waals surface area contributed by atoms with E-state index in [4.69, 9.17) is 4.74 Å². The minimum absolute atomic E-state index is 0.00767. The van der Waals surface area contributed by atoms with Crippen molar-refractivity contribution in [2.24, 2.45) is 0 Å². The van der Waals surface area contributed by atoms with Gasteiger partial charge in [0.05, 0.1) is 22.1 Å². The number of non-ortho nitro benzene ring substituents is 1. The van der Waals surface area contributed by atoms with E-state index in [1.54, 1.807) is 19.1 Å². The zero-order valence-electron chi connectivity index (χ0n) is 18.9. The van der Waals surface area contributed by atoms with Gasteiger partial charge in [-0.2, -0.15) is 0 Å². The molecule has 2 aromatic carbocycles. The predicted octanol–water partition coefficient (Wildman–Crippen LogP) is 2.40. The number of hydrogen-bond acceptors (Lipinski definition) is 7. The Labute approximate surface area is 197 Å². The Morgan fingerprint density at radius 3 is 2.26 bits per heavy atom. The smallest absolute Gasteiger partial charge is 0.409 e. The first kappa shape index (κ1) is 25.0. The number of benzene rings is 2. The van der Waals surface area contributed by atoms with Crippen LogP contribution in [0.4, 0.5) is 16.2 Å². The number of nitrogens with zero attached hydrogens (tertiary/aromatic N) is 4. The topological polar surface area (TPSA) is 130 Å². The summed E-state index contributed by atoms with van der Waals surface area (Å²) in [6.07, 6.45) is -0.463. The lowest BCUT2D eigenvalue weighted by Crippen LogP contribution is -2.53. The van der Waals surface area contributed by atoms with Crippen molar-refractivity contribution >= 4 is 33.4 Å². The second-order valence-corrected chi connectivity index (χ2v) is 9.53. The Hall–Kier alpha value is -3.67. The third kappa shape index (κ3) is 5.63. The van der Waals surface area contributed by atoms with Gasteiger partial charge in [0.15, 0.2) is 0 Å². The van der Waals surface area contributed by atoms with Crippen LogP contribution in [0.5, 0.6) is 0 Å². The molecule has 3 rings (SSSR count). The molecular formula is C22H26N4O7S. The fourth-order valence-corrected chi connectivity index (χ4v) is 4.90. The summed E-state index contributed by atoms with van der Waals surface area (Å²) in [5, 5.41) is 11.3. The maximum Gasteiger partial charge on any atom is 0.409 e. The van der Waals surface area contributed by atoms with Gasteiger partial charge < -0.3 is 14.5 Å². The average molecular weight is 491 g/mol. The summed E-state index contributed by atoms with van der Waals surface area (Å²) >= 11 is 0. The highest BCUT2D eigenvalue weighted by Crippen LogP contribution is 2.27. The van der Waals surface area contributed by atoms with Crippen molar-refractivity contribution in [3.63, 3.8) is 0 Å². The largest absolute Gasteiger partial charge is 0.450 e. The quantitative estimate of drug-likeness (QED) is 0.430. The van der Waals surface area contributed by atoms with Gasteiger partial charge in [0.2, 0.25) is 5.91 Å². The summed E-state index contributed by atoms with van der Waals surface area (Å²) in [5.41, 5.74) is 0.571. The van der Waals surface area contributed by atoms with E-state index in [2.05, 4.69) is 0 Å². The monoisotopic (exact) mass is 490 g/mol. The molecule has 0 bridgehead atoms. The molecule has 0 radical (unpaired) electrons. The molecule has 2 aromatic rings. The van der Waals surface area contributed by atoms with E-state index in [1.165, 1.54) is 40.1 Å². The molecule has 2 amide bonds. The number of ether oxygens (including phenoxy) is 1. The summed E-state index contributed by atoms with van der Waals surface area (Å²) in [4.78, 5) is 38.5. The van der Waals surface area contributed by atoms with Crippen LogP contribution in [0.3, 0.4) is 0 Å². The van der Waals surface area contributed by atoms with Crippen LogP contribution < -0.4 is 4.31 Å². The van der Waals surface area contributed by atoms with Gasteiger partial charge >= 0.3 is 6.09 Å². The van der Waals surface area contributed by atoms with Crippen LogP contribution >= 0.6 is 0 Å². The number of nitro benzene ring substituents is 1. The zero-order valence-corrected chi connectivity index (χ0v) is 19.7. The number of carbonyl (C=O) groups is 2. The second kappa shape index (κ2) is 10.5. The van der Waals surface area contributed by atoms with Crippen LogP contribution in [0.25, 0.3) is 0 Å². The molecule has 1 aliphatic rings. The second-order valence-electron chi connectivity index (χ2n) is 7.67. The van der Waals surface area contributed by atoms with Gasteiger partial charge in [-0.15, -0.1) is 0 Å². The SMILES string of the molecule is CCOC(=O)N1CCN(C(=O)CN(c2cccc([N+](=O)[O-])c2)S(=O)(=O)c2ccc(C)cc2)CC1.